The Labute approximate surface area is 169 Å². The van der Waals surface area contributed by atoms with Crippen LogP contribution in [0.1, 0.15) is 24.1 Å². The molecule has 1 aliphatic heterocycles. The van der Waals surface area contributed by atoms with Gasteiger partial charge in [0.25, 0.3) is 0 Å². The topological polar surface area (TPSA) is 42.4 Å². The van der Waals surface area contributed by atoms with Crippen molar-refractivity contribution in [3.8, 4) is 10.6 Å². The number of likely N-dealkylation sites (tertiary alicyclic amines) is 1. The lowest BCUT2D eigenvalue weighted by atomic mass is 10.1. The van der Waals surface area contributed by atoms with E-state index in [-0.39, 0.29) is 12.0 Å². The minimum absolute atomic E-state index is 0.159. The number of benzene rings is 2. The predicted molar refractivity (Wildman–Crippen MR) is 112 cm³/mol. The Balaban J connectivity index is 1.25. The van der Waals surface area contributed by atoms with Crippen molar-refractivity contribution in [2.75, 3.05) is 13.1 Å². The molecule has 2 aromatic carbocycles. The van der Waals surface area contributed by atoms with Crippen LogP contribution in [-0.2, 0) is 22.6 Å². The average Bonchev–Trinajstić information content (AvgIpc) is 3.22. The number of hydrogen-bond donors (Lipinski definition) is 0. The highest BCUT2D eigenvalue weighted by atomic mass is 32.1. The van der Waals surface area contributed by atoms with Crippen LogP contribution >= 0.6 is 11.3 Å². The fourth-order valence-corrected chi connectivity index (χ4v) is 4.25. The van der Waals surface area contributed by atoms with E-state index in [0.29, 0.717) is 13.0 Å². The molecule has 1 aliphatic rings. The molecule has 1 saturated heterocycles. The van der Waals surface area contributed by atoms with E-state index >= 15 is 0 Å². The predicted octanol–water partition coefficient (Wildman–Crippen LogP) is 4.56. The van der Waals surface area contributed by atoms with E-state index in [1.807, 2.05) is 58.8 Å². The second-order valence-electron chi connectivity index (χ2n) is 7.06. The fourth-order valence-electron chi connectivity index (χ4n) is 3.43. The summed E-state index contributed by atoms with van der Waals surface area (Å²) in [7, 11) is 0. The first kappa shape index (κ1) is 18.8. The van der Waals surface area contributed by atoms with Crippen LogP contribution in [0.15, 0.2) is 66.0 Å². The Morgan fingerprint density at radius 1 is 1.04 bits per heavy atom. The molecule has 5 heteroatoms. The first-order chi connectivity index (χ1) is 13.8. The van der Waals surface area contributed by atoms with Crippen LogP contribution in [0.2, 0.25) is 0 Å². The summed E-state index contributed by atoms with van der Waals surface area (Å²) in [5, 5.41) is 2.96. The van der Waals surface area contributed by atoms with Crippen LogP contribution in [0.25, 0.3) is 10.6 Å². The smallest absolute Gasteiger partial charge is 0.228 e. The Bertz CT molecular complexity index is 887. The summed E-state index contributed by atoms with van der Waals surface area (Å²) in [4.78, 5) is 19.2. The second kappa shape index (κ2) is 9.13. The van der Waals surface area contributed by atoms with Gasteiger partial charge in [-0.3, -0.25) is 4.79 Å². The number of nitrogens with zero attached hydrogens (tertiary/aromatic N) is 2. The Morgan fingerprint density at radius 3 is 2.43 bits per heavy atom. The molecule has 0 radical (unpaired) electrons. The number of hydrogen-bond acceptors (Lipinski definition) is 4. The van der Waals surface area contributed by atoms with Gasteiger partial charge in [-0.05, 0) is 18.4 Å². The monoisotopic (exact) mass is 392 g/mol. The third-order valence-corrected chi connectivity index (χ3v) is 5.97. The van der Waals surface area contributed by atoms with Gasteiger partial charge in [-0.25, -0.2) is 4.98 Å². The molecule has 4 rings (SSSR count). The second-order valence-corrected chi connectivity index (χ2v) is 7.92. The molecular formula is C23H24N2O2S. The molecule has 1 fully saturated rings. The Morgan fingerprint density at radius 2 is 1.71 bits per heavy atom. The van der Waals surface area contributed by atoms with Crippen LogP contribution < -0.4 is 0 Å². The van der Waals surface area contributed by atoms with Gasteiger partial charge >= 0.3 is 0 Å². The zero-order valence-electron chi connectivity index (χ0n) is 15.8. The largest absolute Gasteiger partial charge is 0.373 e. The van der Waals surface area contributed by atoms with Gasteiger partial charge in [-0.15, -0.1) is 11.3 Å². The van der Waals surface area contributed by atoms with Gasteiger partial charge in [0, 0.05) is 24.0 Å². The molecule has 144 valence electrons. The van der Waals surface area contributed by atoms with Crippen molar-refractivity contribution in [3.05, 3.63) is 77.3 Å². The number of ether oxygens (including phenoxy) is 1. The van der Waals surface area contributed by atoms with Crippen molar-refractivity contribution in [1.29, 1.82) is 0 Å². The molecular weight excluding hydrogens is 368 g/mol. The van der Waals surface area contributed by atoms with Crippen molar-refractivity contribution in [3.63, 3.8) is 0 Å². The van der Waals surface area contributed by atoms with Crippen molar-refractivity contribution in [2.45, 2.75) is 32.0 Å². The van der Waals surface area contributed by atoms with Crippen LogP contribution in [0.3, 0.4) is 0 Å². The lowest BCUT2D eigenvalue weighted by Gasteiger charge is -2.32. The molecule has 28 heavy (non-hydrogen) atoms. The SMILES string of the molecule is O=C(Cc1csc(-c2ccccc2)n1)N1CCC(OCc2ccccc2)CC1. The summed E-state index contributed by atoms with van der Waals surface area (Å²) >= 11 is 1.59. The lowest BCUT2D eigenvalue weighted by molar-refractivity contribution is -0.133. The van der Waals surface area contributed by atoms with Gasteiger partial charge in [-0.2, -0.15) is 0 Å². The maximum Gasteiger partial charge on any atom is 0.228 e. The first-order valence-corrected chi connectivity index (χ1v) is 10.6. The molecule has 0 bridgehead atoms. The summed E-state index contributed by atoms with van der Waals surface area (Å²) in [6.45, 7) is 2.16. The molecule has 4 nitrogen and oxygen atoms in total. The number of rotatable bonds is 6. The molecule has 0 atom stereocenters. The van der Waals surface area contributed by atoms with E-state index < -0.39 is 0 Å². The molecule has 1 amide bonds. The van der Waals surface area contributed by atoms with Crippen LogP contribution in [0.4, 0.5) is 0 Å². The zero-order chi connectivity index (χ0) is 19.2. The molecule has 0 spiro atoms. The lowest BCUT2D eigenvalue weighted by Crippen LogP contribution is -2.41. The maximum atomic E-state index is 12.6. The number of thiazole rings is 1. The highest BCUT2D eigenvalue weighted by Gasteiger charge is 2.24. The van der Waals surface area contributed by atoms with Crippen LogP contribution in [0.5, 0.6) is 0 Å². The molecule has 0 aliphatic carbocycles. The molecule has 3 aromatic rings. The molecule has 0 N–H and O–H groups in total. The normalized spacial score (nSPS) is 14.9. The third-order valence-electron chi connectivity index (χ3n) is 5.03. The van der Waals surface area contributed by atoms with Gasteiger partial charge in [0.05, 0.1) is 24.8 Å². The van der Waals surface area contributed by atoms with Gasteiger partial charge in [0.2, 0.25) is 5.91 Å². The molecule has 0 unspecified atom stereocenters. The molecule has 1 aromatic heterocycles. The van der Waals surface area contributed by atoms with Crippen molar-refractivity contribution in [1.82, 2.24) is 9.88 Å². The summed E-state index contributed by atoms with van der Waals surface area (Å²) in [5.41, 5.74) is 3.15. The minimum Gasteiger partial charge on any atom is -0.373 e. The molecule has 0 saturated carbocycles. The third kappa shape index (κ3) is 4.86. The quantitative estimate of drug-likeness (QED) is 0.618. The summed E-state index contributed by atoms with van der Waals surface area (Å²) in [6, 6.07) is 20.3. The van der Waals surface area contributed by atoms with E-state index in [0.717, 1.165) is 42.2 Å². The minimum atomic E-state index is 0.159. The molecule has 2 heterocycles. The van der Waals surface area contributed by atoms with Crippen LogP contribution in [-0.4, -0.2) is 35.0 Å². The van der Waals surface area contributed by atoms with E-state index in [9.17, 15) is 4.79 Å². The van der Waals surface area contributed by atoms with Crippen molar-refractivity contribution >= 4 is 17.2 Å². The van der Waals surface area contributed by atoms with Gasteiger partial charge in [0.15, 0.2) is 0 Å². The highest BCUT2D eigenvalue weighted by molar-refractivity contribution is 7.13. The maximum absolute atomic E-state index is 12.6. The Kier molecular flexibility index (Phi) is 6.14. The number of aromatic nitrogens is 1. The zero-order valence-corrected chi connectivity index (χ0v) is 16.6. The first-order valence-electron chi connectivity index (χ1n) is 9.71. The summed E-state index contributed by atoms with van der Waals surface area (Å²) in [6.07, 6.45) is 2.39. The number of piperidine rings is 1. The van der Waals surface area contributed by atoms with Crippen molar-refractivity contribution in [2.24, 2.45) is 0 Å². The van der Waals surface area contributed by atoms with Crippen LogP contribution in [0, 0.1) is 0 Å². The number of carbonyl (C=O) groups is 1. The number of amides is 1. The van der Waals surface area contributed by atoms with Gasteiger partial charge in [0.1, 0.15) is 5.01 Å². The number of carbonyl (C=O) groups excluding carboxylic acids is 1. The summed E-state index contributed by atoms with van der Waals surface area (Å²) in [5.74, 6) is 0.159. The van der Waals surface area contributed by atoms with Gasteiger partial charge < -0.3 is 9.64 Å². The van der Waals surface area contributed by atoms with Gasteiger partial charge in [-0.1, -0.05) is 60.7 Å². The van der Waals surface area contributed by atoms with E-state index in [2.05, 4.69) is 17.1 Å². The van der Waals surface area contributed by atoms with E-state index in [1.165, 1.54) is 5.56 Å². The highest BCUT2D eigenvalue weighted by Crippen LogP contribution is 2.24. The standard InChI is InChI=1S/C23H24N2O2S/c26-22(15-20-17-28-23(24-20)19-9-5-2-6-10-19)25-13-11-21(12-14-25)27-16-18-7-3-1-4-8-18/h1-10,17,21H,11-16H2. The van der Waals surface area contributed by atoms with E-state index in [4.69, 9.17) is 4.74 Å². The average molecular weight is 393 g/mol. The Hall–Kier alpha value is -2.50. The van der Waals surface area contributed by atoms with Crippen molar-refractivity contribution < 1.29 is 9.53 Å². The van der Waals surface area contributed by atoms with E-state index in [1.54, 1.807) is 11.3 Å². The summed E-state index contributed by atoms with van der Waals surface area (Å²) < 4.78 is 6.02. The fraction of sp³-hybridized carbons (Fsp3) is 0.304.